The van der Waals surface area contributed by atoms with E-state index in [0.717, 1.165) is 31.4 Å². The minimum absolute atomic E-state index is 0.0912. The molecule has 1 fully saturated rings. The van der Waals surface area contributed by atoms with Crippen molar-refractivity contribution in [1.82, 2.24) is 5.32 Å². The van der Waals surface area contributed by atoms with Crippen LogP contribution in [0.25, 0.3) is 0 Å². The van der Waals surface area contributed by atoms with Gasteiger partial charge in [0.2, 0.25) is 0 Å². The molecule has 2 nitrogen and oxygen atoms in total. The predicted molar refractivity (Wildman–Crippen MR) is 65.7 cm³/mol. The molecule has 1 aromatic rings. The number of amides is 1. The number of nitrogens with one attached hydrogen (secondary N) is 1. The fraction of sp³-hybridized carbons (Fsp3) is 0.462. The molecular formula is C13H14ClF2NO. The van der Waals surface area contributed by atoms with Crippen molar-refractivity contribution in [3.8, 4) is 0 Å². The molecule has 18 heavy (non-hydrogen) atoms. The van der Waals surface area contributed by atoms with Gasteiger partial charge in [0.15, 0.2) is 0 Å². The lowest BCUT2D eigenvalue weighted by molar-refractivity contribution is 0.0940. The van der Waals surface area contributed by atoms with E-state index in [0.29, 0.717) is 18.5 Å². The Morgan fingerprint density at radius 3 is 2.67 bits per heavy atom. The number of rotatable bonds is 5. The topological polar surface area (TPSA) is 29.1 Å². The van der Waals surface area contributed by atoms with E-state index in [2.05, 4.69) is 5.32 Å². The first-order valence-corrected chi connectivity index (χ1v) is 6.39. The molecule has 1 saturated carbocycles. The van der Waals surface area contributed by atoms with E-state index in [-0.39, 0.29) is 11.0 Å². The number of benzene rings is 1. The zero-order chi connectivity index (χ0) is 13.2. The molecule has 0 bridgehead atoms. The van der Waals surface area contributed by atoms with E-state index in [1.807, 2.05) is 0 Å². The maximum absolute atomic E-state index is 13.4. The van der Waals surface area contributed by atoms with E-state index < -0.39 is 17.5 Å². The summed E-state index contributed by atoms with van der Waals surface area (Å²) in [5.41, 5.74) is -0.0356. The van der Waals surface area contributed by atoms with E-state index in [9.17, 15) is 13.6 Å². The molecular weight excluding hydrogens is 260 g/mol. The van der Waals surface area contributed by atoms with Crippen LogP contribution in [0, 0.1) is 17.0 Å². The lowest BCUT2D eigenvalue weighted by atomic mass is 10.0. The maximum atomic E-state index is 13.4. The second-order valence-corrected chi connectivity index (χ2v) is 5.12. The summed E-state index contributed by atoms with van der Waals surface area (Å²) in [4.78, 5) is 11.7. The van der Waals surface area contributed by atoms with Crippen molar-refractivity contribution in [1.29, 1.82) is 0 Å². The predicted octanol–water partition coefficient (Wildman–Crippen LogP) is 3.10. The average Bonchev–Trinajstić information content (AvgIpc) is 3.07. The van der Waals surface area contributed by atoms with Crippen LogP contribution in [-0.2, 0) is 0 Å². The van der Waals surface area contributed by atoms with Gasteiger partial charge in [0, 0.05) is 18.5 Å². The van der Waals surface area contributed by atoms with Gasteiger partial charge in [-0.05, 0) is 36.8 Å². The van der Waals surface area contributed by atoms with Crippen LogP contribution in [0.3, 0.4) is 0 Å². The fourth-order valence-electron chi connectivity index (χ4n) is 1.93. The van der Waals surface area contributed by atoms with Gasteiger partial charge < -0.3 is 5.32 Å². The third kappa shape index (κ3) is 2.99. The van der Waals surface area contributed by atoms with Gasteiger partial charge >= 0.3 is 0 Å². The summed E-state index contributed by atoms with van der Waals surface area (Å²) >= 11 is 5.69. The van der Waals surface area contributed by atoms with Crippen LogP contribution >= 0.6 is 11.6 Å². The monoisotopic (exact) mass is 273 g/mol. The summed E-state index contributed by atoms with van der Waals surface area (Å²) in [6.07, 6.45) is 2.92. The summed E-state index contributed by atoms with van der Waals surface area (Å²) < 4.78 is 26.1. The van der Waals surface area contributed by atoms with Crippen molar-refractivity contribution < 1.29 is 13.6 Å². The summed E-state index contributed by atoms with van der Waals surface area (Å²) in [6.45, 7) is 0.495. The fourth-order valence-corrected chi connectivity index (χ4v) is 2.33. The number of hydrogen-bond donors (Lipinski definition) is 1. The van der Waals surface area contributed by atoms with Crippen LogP contribution in [0.5, 0.6) is 0 Å². The minimum atomic E-state index is -0.838. The zero-order valence-corrected chi connectivity index (χ0v) is 10.6. The Hall–Kier alpha value is -1.16. The first kappa shape index (κ1) is 13.3. The molecule has 1 aliphatic rings. The van der Waals surface area contributed by atoms with E-state index >= 15 is 0 Å². The van der Waals surface area contributed by atoms with E-state index in [1.54, 1.807) is 0 Å². The van der Waals surface area contributed by atoms with Crippen LogP contribution in [0.15, 0.2) is 18.2 Å². The molecule has 5 heteroatoms. The van der Waals surface area contributed by atoms with Crippen LogP contribution in [0.2, 0.25) is 0 Å². The van der Waals surface area contributed by atoms with E-state index in [4.69, 9.17) is 11.6 Å². The summed E-state index contributed by atoms with van der Waals surface area (Å²) in [5.74, 6) is -1.48. The van der Waals surface area contributed by atoms with Crippen molar-refractivity contribution in [2.24, 2.45) is 5.41 Å². The lowest BCUT2D eigenvalue weighted by Gasteiger charge is -2.14. The molecule has 98 valence electrons. The molecule has 0 unspecified atom stereocenters. The van der Waals surface area contributed by atoms with Gasteiger partial charge in [0.05, 0.1) is 5.56 Å². The first-order valence-electron chi connectivity index (χ1n) is 5.86. The molecule has 0 spiro atoms. The van der Waals surface area contributed by atoms with Gasteiger partial charge in [-0.3, -0.25) is 4.79 Å². The van der Waals surface area contributed by atoms with Crippen LogP contribution in [0.1, 0.15) is 29.6 Å². The molecule has 2 rings (SSSR count). The maximum Gasteiger partial charge on any atom is 0.254 e. The second-order valence-electron chi connectivity index (χ2n) is 4.75. The molecule has 1 amide bonds. The molecule has 0 radical (unpaired) electrons. The molecule has 1 aliphatic carbocycles. The van der Waals surface area contributed by atoms with Crippen molar-refractivity contribution in [2.45, 2.75) is 19.3 Å². The molecule has 1 aromatic carbocycles. The molecule has 0 saturated heterocycles. The third-order valence-corrected chi connectivity index (χ3v) is 3.57. The lowest BCUT2D eigenvalue weighted by Crippen LogP contribution is -2.31. The van der Waals surface area contributed by atoms with Crippen molar-refractivity contribution in [3.63, 3.8) is 0 Å². The Kier molecular flexibility index (Phi) is 3.85. The van der Waals surface area contributed by atoms with Gasteiger partial charge in [-0.15, -0.1) is 11.6 Å². The van der Waals surface area contributed by atoms with Gasteiger partial charge in [0.1, 0.15) is 11.6 Å². The van der Waals surface area contributed by atoms with Gasteiger partial charge in [-0.2, -0.15) is 0 Å². The summed E-state index contributed by atoms with van der Waals surface area (Å²) in [5, 5.41) is 2.69. The zero-order valence-electron chi connectivity index (χ0n) is 9.81. The molecule has 0 aromatic heterocycles. The molecule has 1 N–H and O–H groups in total. The Morgan fingerprint density at radius 2 is 2.11 bits per heavy atom. The first-order chi connectivity index (χ1) is 8.56. The van der Waals surface area contributed by atoms with Crippen molar-refractivity contribution >= 4 is 17.5 Å². The molecule has 0 atom stereocenters. The Bertz CT molecular complexity index is 460. The third-order valence-electron chi connectivity index (χ3n) is 3.38. The van der Waals surface area contributed by atoms with Gasteiger partial charge in [-0.1, -0.05) is 0 Å². The largest absolute Gasteiger partial charge is 0.351 e. The highest BCUT2D eigenvalue weighted by atomic mass is 35.5. The minimum Gasteiger partial charge on any atom is -0.351 e. The van der Waals surface area contributed by atoms with Crippen LogP contribution < -0.4 is 5.32 Å². The Balaban J connectivity index is 1.96. The molecule has 0 heterocycles. The number of carbonyl (C=O) groups is 1. The standard InChI is InChI=1S/C13H14ClF2NO/c14-6-5-13(3-4-13)8-17-12(18)10-2-1-9(15)7-11(10)16/h1-2,7H,3-6,8H2,(H,17,18). The van der Waals surface area contributed by atoms with Gasteiger partial charge in [0.25, 0.3) is 5.91 Å². The van der Waals surface area contributed by atoms with E-state index in [1.165, 1.54) is 0 Å². The number of carbonyl (C=O) groups excluding carboxylic acids is 1. The normalized spacial score (nSPS) is 16.4. The Labute approximate surface area is 109 Å². The highest BCUT2D eigenvalue weighted by Gasteiger charge is 2.41. The smallest absolute Gasteiger partial charge is 0.254 e. The number of alkyl halides is 1. The quantitative estimate of drug-likeness (QED) is 0.821. The average molecular weight is 274 g/mol. The van der Waals surface area contributed by atoms with Crippen molar-refractivity contribution in [3.05, 3.63) is 35.4 Å². The highest BCUT2D eigenvalue weighted by molar-refractivity contribution is 6.17. The number of hydrogen-bond acceptors (Lipinski definition) is 1. The van der Waals surface area contributed by atoms with Crippen molar-refractivity contribution in [2.75, 3.05) is 12.4 Å². The summed E-state index contributed by atoms with van der Waals surface area (Å²) in [7, 11) is 0. The molecule has 0 aliphatic heterocycles. The summed E-state index contributed by atoms with van der Waals surface area (Å²) in [6, 6.07) is 2.94. The highest BCUT2D eigenvalue weighted by Crippen LogP contribution is 2.48. The van der Waals surface area contributed by atoms with Gasteiger partial charge in [-0.25, -0.2) is 8.78 Å². The number of halogens is 3. The second kappa shape index (κ2) is 5.22. The van der Waals surface area contributed by atoms with Crippen LogP contribution in [-0.4, -0.2) is 18.3 Å². The van der Waals surface area contributed by atoms with Crippen LogP contribution in [0.4, 0.5) is 8.78 Å². The Morgan fingerprint density at radius 1 is 1.39 bits per heavy atom. The SMILES string of the molecule is O=C(NCC1(CCCl)CC1)c1ccc(F)cc1F.